The molecule has 1 spiro atoms. The van der Waals surface area contributed by atoms with Crippen LogP contribution in [0.15, 0.2) is 12.7 Å². The van der Waals surface area contributed by atoms with Gasteiger partial charge in [0.15, 0.2) is 0 Å². The third-order valence-electron chi connectivity index (χ3n) is 4.37. The summed E-state index contributed by atoms with van der Waals surface area (Å²) in [4.78, 5) is 3.93. The number of rotatable bonds is 5. The number of sulfonamides is 1. The normalized spacial score (nSPS) is 29.9. The fourth-order valence-corrected chi connectivity index (χ4v) is 4.84. The van der Waals surface area contributed by atoms with Crippen LogP contribution >= 0.6 is 0 Å². The Bertz CT molecular complexity index is 606. The van der Waals surface area contributed by atoms with Crippen LogP contribution in [-0.4, -0.2) is 71.2 Å². The summed E-state index contributed by atoms with van der Waals surface area (Å²) in [6, 6.07) is 0. The van der Waals surface area contributed by atoms with Crippen LogP contribution in [0.2, 0.25) is 0 Å². The zero-order valence-electron chi connectivity index (χ0n) is 13.4. The van der Waals surface area contributed by atoms with E-state index < -0.39 is 15.6 Å². The molecule has 3 heterocycles. The Hall–Kier alpha value is -1.03. The van der Waals surface area contributed by atoms with E-state index in [1.54, 1.807) is 15.3 Å². The Kier molecular flexibility index (Phi) is 5.00. The van der Waals surface area contributed by atoms with Gasteiger partial charge < -0.3 is 9.47 Å². The third-order valence-corrected chi connectivity index (χ3v) is 6.39. The summed E-state index contributed by atoms with van der Waals surface area (Å²) in [6.45, 7) is 4.15. The molecule has 0 N–H and O–H groups in total. The van der Waals surface area contributed by atoms with Gasteiger partial charge in [-0.2, -0.15) is 9.40 Å². The molecule has 130 valence electrons. The molecule has 2 saturated heterocycles. The molecular formula is C14H24N4O4S. The second-order valence-corrected chi connectivity index (χ2v) is 8.37. The van der Waals surface area contributed by atoms with Gasteiger partial charge in [-0.1, -0.05) is 6.92 Å². The molecule has 0 unspecified atom stereocenters. The van der Waals surface area contributed by atoms with Crippen LogP contribution in [0, 0.1) is 0 Å². The van der Waals surface area contributed by atoms with Crippen LogP contribution < -0.4 is 0 Å². The van der Waals surface area contributed by atoms with Crippen molar-refractivity contribution in [2.75, 3.05) is 32.1 Å². The fraction of sp³-hybridized carbons (Fsp3) is 0.857. The second-order valence-electron chi connectivity index (χ2n) is 6.28. The van der Waals surface area contributed by atoms with Gasteiger partial charge in [0.05, 0.1) is 31.6 Å². The van der Waals surface area contributed by atoms with Crippen molar-refractivity contribution in [2.24, 2.45) is 0 Å². The van der Waals surface area contributed by atoms with E-state index >= 15 is 0 Å². The number of aromatic nitrogens is 3. The first-order valence-electron chi connectivity index (χ1n) is 8.09. The third kappa shape index (κ3) is 3.90. The number of ether oxygens (including phenoxy) is 2. The SMILES string of the molecule is CCCS(=O)(=O)N1CCOC[C@]2(CC[C@@H](Cn3cncn3)O2)C1. The van der Waals surface area contributed by atoms with Gasteiger partial charge in [-0.15, -0.1) is 0 Å². The van der Waals surface area contributed by atoms with E-state index in [1.807, 2.05) is 6.92 Å². The molecule has 2 aliphatic heterocycles. The fourth-order valence-electron chi connectivity index (χ4n) is 3.28. The predicted octanol–water partition coefficient (Wildman–Crippen LogP) is 0.268. The van der Waals surface area contributed by atoms with Crippen molar-refractivity contribution in [2.45, 2.75) is 44.4 Å². The van der Waals surface area contributed by atoms with Crippen molar-refractivity contribution in [1.29, 1.82) is 0 Å². The molecule has 3 rings (SSSR count). The maximum atomic E-state index is 12.4. The average Bonchev–Trinajstić information content (AvgIpc) is 3.07. The Morgan fingerprint density at radius 1 is 1.43 bits per heavy atom. The predicted molar refractivity (Wildman–Crippen MR) is 83.3 cm³/mol. The quantitative estimate of drug-likeness (QED) is 0.762. The van der Waals surface area contributed by atoms with E-state index in [4.69, 9.17) is 9.47 Å². The summed E-state index contributed by atoms with van der Waals surface area (Å²) in [7, 11) is -3.24. The summed E-state index contributed by atoms with van der Waals surface area (Å²) in [6.07, 6.45) is 5.45. The Morgan fingerprint density at radius 3 is 3.04 bits per heavy atom. The molecule has 0 aliphatic carbocycles. The lowest BCUT2D eigenvalue weighted by molar-refractivity contribution is -0.0860. The lowest BCUT2D eigenvalue weighted by atomic mass is 10.0. The Balaban J connectivity index is 1.68. The minimum Gasteiger partial charge on any atom is -0.377 e. The van der Waals surface area contributed by atoms with Gasteiger partial charge in [0, 0.05) is 13.1 Å². The zero-order valence-corrected chi connectivity index (χ0v) is 14.2. The van der Waals surface area contributed by atoms with Gasteiger partial charge in [-0.25, -0.2) is 13.4 Å². The molecule has 8 nitrogen and oxygen atoms in total. The van der Waals surface area contributed by atoms with Crippen LogP contribution in [0.1, 0.15) is 26.2 Å². The number of hydrogen-bond acceptors (Lipinski definition) is 6. The van der Waals surface area contributed by atoms with Gasteiger partial charge in [0.25, 0.3) is 0 Å². The average molecular weight is 344 g/mol. The van der Waals surface area contributed by atoms with Crippen molar-refractivity contribution in [3.63, 3.8) is 0 Å². The molecule has 0 radical (unpaired) electrons. The Morgan fingerprint density at radius 2 is 2.30 bits per heavy atom. The monoisotopic (exact) mass is 344 g/mol. The van der Waals surface area contributed by atoms with Crippen molar-refractivity contribution < 1.29 is 17.9 Å². The first-order chi connectivity index (χ1) is 11.0. The van der Waals surface area contributed by atoms with E-state index in [0.29, 0.717) is 39.3 Å². The molecule has 2 atom stereocenters. The molecule has 23 heavy (non-hydrogen) atoms. The first-order valence-corrected chi connectivity index (χ1v) is 9.70. The lowest BCUT2D eigenvalue weighted by Crippen LogP contribution is -2.47. The molecule has 0 bridgehead atoms. The summed E-state index contributed by atoms with van der Waals surface area (Å²) in [5.41, 5.74) is -0.539. The van der Waals surface area contributed by atoms with Crippen molar-refractivity contribution >= 4 is 10.0 Å². The Labute approximate surface area is 136 Å². The molecule has 2 fully saturated rings. The topological polar surface area (TPSA) is 86.6 Å². The molecule has 0 amide bonds. The number of hydrogen-bond donors (Lipinski definition) is 0. The van der Waals surface area contributed by atoms with E-state index in [1.165, 1.54) is 6.33 Å². The van der Waals surface area contributed by atoms with Crippen molar-refractivity contribution in [1.82, 2.24) is 19.1 Å². The summed E-state index contributed by atoms with van der Waals surface area (Å²) in [5.74, 6) is 0.172. The van der Waals surface area contributed by atoms with E-state index in [0.717, 1.165) is 12.8 Å². The lowest BCUT2D eigenvalue weighted by Gasteiger charge is -2.31. The van der Waals surface area contributed by atoms with Crippen LogP contribution in [0.3, 0.4) is 0 Å². The molecule has 1 aromatic heterocycles. The van der Waals surface area contributed by atoms with Crippen LogP contribution in [-0.2, 0) is 26.0 Å². The van der Waals surface area contributed by atoms with Gasteiger partial charge >= 0.3 is 0 Å². The molecule has 2 aliphatic rings. The molecular weight excluding hydrogens is 320 g/mol. The van der Waals surface area contributed by atoms with E-state index in [-0.39, 0.29) is 11.9 Å². The first kappa shape index (κ1) is 16.8. The van der Waals surface area contributed by atoms with Crippen LogP contribution in [0.5, 0.6) is 0 Å². The van der Waals surface area contributed by atoms with Gasteiger partial charge in [-0.05, 0) is 19.3 Å². The van der Waals surface area contributed by atoms with Gasteiger partial charge in [0.1, 0.15) is 18.3 Å². The highest BCUT2D eigenvalue weighted by atomic mass is 32.2. The minimum atomic E-state index is -3.24. The van der Waals surface area contributed by atoms with Gasteiger partial charge in [-0.3, -0.25) is 4.68 Å². The zero-order chi connectivity index (χ0) is 16.3. The van der Waals surface area contributed by atoms with Crippen molar-refractivity contribution in [3.05, 3.63) is 12.7 Å². The standard InChI is InChI=1S/C14H24N4O4S/c1-2-7-23(19,20)18-5-6-21-10-14(9-18)4-3-13(22-14)8-17-12-15-11-16-17/h11-13H,2-10H2,1H3/t13-,14-/m0/s1. The van der Waals surface area contributed by atoms with Crippen LogP contribution in [0.4, 0.5) is 0 Å². The molecule has 9 heteroatoms. The van der Waals surface area contributed by atoms with E-state index in [2.05, 4.69) is 10.1 Å². The highest BCUT2D eigenvalue weighted by Gasteiger charge is 2.45. The van der Waals surface area contributed by atoms with Crippen molar-refractivity contribution in [3.8, 4) is 0 Å². The summed E-state index contributed by atoms with van der Waals surface area (Å²) in [5, 5.41) is 4.10. The summed E-state index contributed by atoms with van der Waals surface area (Å²) >= 11 is 0. The van der Waals surface area contributed by atoms with E-state index in [9.17, 15) is 8.42 Å². The largest absolute Gasteiger partial charge is 0.377 e. The highest BCUT2D eigenvalue weighted by molar-refractivity contribution is 7.89. The maximum Gasteiger partial charge on any atom is 0.214 e. The molecule has 0 saturated carbocycles. The van der Waals surface area contributed by atoms with Crippen LogP contribution in [0.25, 0.3) is 0 Å². The smallest absolute Gasteiger partial charge is 0.214 e. The molecule has 0 aromatic carbocycles. The number of nitrogens with zero attached hydrogens (tertiary/aromatic N) is 4. The molecule has 1 aromatic rings. The van der Waals surface area contributed by atoms with Gasteiger partial charge in [0.2, 0.25) is 10.0 Å². The minimum absolute atomic E-state index is 0.00845. The second kappa shape index (κ2) is 6.84. The maximum absolute atomic E-state index is 12.4. The summed E-state index contributed by atoms with van der Waals surface area (Å²) < 4.78 is 40.0. The highest BCUT2D eigenvalue weighted by Crippen LogP contribution is 2.34.